The summed E-state index contributed by atoms with van der Waals surface area (Å²) in [6.45, 7) is 2.97. The number of imidazole rings is 1. The van der Waals surface area contributed by atoms with Gasteiger partial charge in [-0.2, -0.15) is 10.2 Å². The molecule has 1 saturated heterocycles. The summed E-state index contributed by atoms with van der Waals surface area (Å²) in [5.41, 5.74) is 8.39. The summed E-state index contributed by atoms with van der Waals surface area (Å²) in [6.07, 6.45) is 11.5. The lowest BCUT2D eigenvalue weighted by Crippen LogP contribution is -2.40. The molecule has 1 aromatic carbocycles. The van der Waals surface area contributed by atoms with Gasteiger partial charge >= 0.3 is 0 Å². The molecular formula is C29H26N8O2. The van der Waals surface area contributed by atoms with Gasteiger partial charge in [0.2, 0.25) is 0 Å². The summed E-state index contributed by atoms with van der Waals surface area (Å²) in [5.74, 6) is 0.0382. The van der Waals surface area contributed by atoms with Gasteiger partial charge in [-0.15, -0.1) is 0 Å². The topological polar surface area (TPSA) is 95.4 Å². The third-order valence-electron chi connectivity index (χ3n) is 7.19. The Labute approximate surface area is 224 Å². The summed E-state index contributed by atoms with van der Waals surface area (Å²) in [7, 11) is 1.91. The van der Waals surface area contributed by atoms with Gasteiger partial charge < -0.3 is 14.0 Å². The number of amides is 1. The van der Waals surface area contributed by atoms with E-state index in [4.69, 9.17) is 4.74 Å². The smallest absolute Gasteiger partial charge is 0.254 e. The molecule has 6 heterocycles. The monoisotopic (exact) mass is 518 g/mol. The molecule has 0 saturated carbocycles. The van der Waals surface area contributed by atoms with Gasteiger partial charge in [0.25, 0.3) is 5.91 Å². The van der Waals surface area contributed by atoms with Crippen molar-refractivity contribution in [3.8, 4) is 22.3 Å². The Morgan fingerprint density at radius 2 is 1.67 bits per heavy atom. The normalized spacial score (nSPS) is 13.9. The number of carbonyl (C=O) groups excluding carboxylic acids is 1. The van der Waals surface area contributed by atoms with Crippen molar-refractivity contribution < 1.29 is 9.53 Å². The molecule has 0 radical (unpaired) electrons. The van der Waals surface area contributed by atoms with Crippen molar-refractivity contribution in [2.45, 2.75) is 6.54 Å². The van der Waals surface area contributed by atoms with Crippen molar-refractivity contribution in [1.29, 1.82) is 0 Å². The molecule has 0 spiro atoms. The van der Waals surface area contributed by atoms with Crippen LogP contribution in [0.15, 0.2) is 79.6 Å². The van der Waals surface area contributed by atoms with E-state index >= 15 is 0 Å². The number of hydrogen-bond acceptors (Lipinski definition) is 6. The fourth-order valence-electron chi connectivity index (χ4n) is 5.04. The van der Waals surface area contributed by atoms with Crippen LogP contribution in [0.2, 0.25) is 0 Å². The first-order valence-corrected chi connectivity index (χ1v) is 12.9. The van der Waals surface area contributed by atoms with E-state index < -0.39 is 0 Å². The van der Waals surface area contributed by atoms with Crippen molar-refractivity contribution in [2.24, 2.45) is 7.05 Å². The Morgan fingerprint density at radius 3 is 2.46 bits per heavy atom. The van der Waals surface area contributed by atoms with Crippen LogP contribution < -0.4 is 0 Å². The van der Waals surface area contributed by atoms with Gasteiger partial charge in [-0.1, -0.05) is 12.1 Å². The average Bonchev–Trinajstić information content (AvgIpc) is 3.72. The van der Waals surface area contributed by atoms with Gasteiger partial charge in [0.05, 0.1) is 49.6 Å². The van der Waals surface area contributed by atoms with Gasteiger partial charge in [0, 0.05) is 61.0 Å². The summed E-state index contributed by atoms with van der Waals surface area (Å²) < 4.78 is 11.2. The largest absolute Gasteiger partial charge is 0.378 e. The highest BCUT2D eigenvalue weighted by molar-refractivity contribution is 5.95. The van der Waals surface area contributed by atoms with E-state index in [1.165, 1.54) is 0 Å². The third-order valence-corrected chi connectivity index (χ3v) is 7.19. The molecular weight excluding hydrogens is 492 g/mol. The van der Waals surface area contributed by atoms with Gasteiger partial charge in [-0.3, -0.25) is 19.1 Å². The second-order valence-corrected chi connectivity index (χ2v) is 9.71. The van der Waals surface area contributed by atoms with Crippen molar-refractivity contribution in [1.82, 2.24) is 38.8 Å². The second kappa shape index (κ2) is 9.48. The third kappa shape index (κ3) is 4.34. The Bertz CT molecular complexity index is 1810. The maximum absolute atomic E-state index is 12.8. The molecule has 0 atom stereocenters. The molecule has 10 nitrogen and oxygen atoms in total. The van der Waals surface area contributed by atoms with Gasteiger partial charge in [-0.05, 0) is 35.9 Å². The Morgan fingerprint density at radius 1 is 0.846 bits per heavy atom. The number of pyridine rings is 2. The molecule has 5 aromatic heterocycles. The van der Waals surface area contributed by atoms with Crippen LogP contribution in [0.4, 0.5) is 0 Å². The van der Waals surface area contributed by atoms with Crippen LogP contribution in [0.1, 0.15) is 16.1 Å². The Hall–Kier alpha value is -4.83. The minimum atomic E-state index is 0.0382. The van der Waals surface area contributed by atoms with Crippen molar-refractivity contribution in [3.63, 3.8) is 0 Å². The molecule has 6 aromatic rings. The van der Waals surface area contributed by atoms with E-state index in [-0.39, 0.29) is 5.91 Å². The zero-order valence-electron chi connectivity index (χ0n) is 21.4. The number of ether oxygens (including phenoxy) is 1. The predicted molar refractivity (Wildman–Crippen MR) is 146 cm³/mol. The first kappa shape index (κ1) is 23.3. The van der Waals surface area contributed by atoms with Crippen molar-refractivity contribution in [3.05, 3.63) is 90.9 Å². The van der Waals surface area contributed by atoms with E-state index in [1.807, 2.05) is 71.7 Å². The maximum Gasteiger partial charge on any atom is 0.254 e. The van der Waals surface area contributed by atoms with E-state index in [0.29, 0.717) is 38.4 Å². The average molecular weight is 519 g/mol. The quantitative estimate of drug-likeness (QED) is 0.346. The fourth-order valence-corrected chi connectivity index (χ4v) is 5.04. The predicted octanol–water partition coefficient (Wildman–Crippen LogP) is 3.67. The maximum atomic E-state index is 12.8. The molecule has 10 heteroatoms. The lowest BCUT2D eigenvalue weighted by Gasteiger charge is -2.26. The summed E-state index contributed by atoms with van der Waals surface area (Å²) >= 11 is 0. The summed E-state index contributed by atoms with van der Waals surface area (Å²) in [6, 6.07) is 13.9. The first-order chi connectivity index (χ1) is 19.1. The zero-order chi connectivity index (χ0) is 26.3. The van der Waals surface area contributed by atoms with Crippen molar-refractivity contribution in [2.75, 3.05) is 26.3 Å². The molecule has 0 bridgehead atoms. The Kier molecular flexibility index (Phi) is 5.66. The number of carbonyl (C=O) groups is 1. The fraction of sp³-hybridized carbons (Fsp3) is 0.207. The van der Waals surface area contributed by atoms with E-state index in [1.54, 1.807) is 10.9 Å². The number of rotatable bonds is 5. The van der Waals surface area contributed by atoms with Crippen LogP contribution in [0.5, 0.6) is 0 Å². The second-order valence-electron chi connectivity index (χ2n) is 9.71. The molecule has 1 aliphatic heterocycles. The van der Waals surface area contributed by atoms with Gasteiger partial charge in [0.1, 0.15) is 11.2 Å². The van der Waals surface area contributed by atoms with Crippen molar-refractivity contribution >= 4 is 22.6 Å². The summed E-state index contributed by atoms with van der Waals surface area (Å²) in [5, 5.41) is 8.92. The van der Waals surface area contributed by atoms with Crippen LogP contribution in [0.3, 0.4) is 0 Å². The van der Waals surface area contributed by atoms with Gasteiger partial charge in [0.15, 0.2) is 0 Å². The lowest BCUT2D eigenvalue weighted by molar-refractivity contribution is 0.0303. The standard InChI is InChI=1S/C29H26N8O2/c1-34-17-24(14-32-34)22-6-7-28-31-15-25(36(28)18-22)19-37-27-12-23(13-30-26(27)16-33-37)20-2-4-21(5-3-20)29(38)35-8-10-39-11-9-35/h2-7,12-18H,8-11,19H2,1H3. The van der Waals surface area contributed by atoms with E-state index in [2.05, 4.69) is 42.9 Å². The number of morpholine rings is 1. The highest BCUT2D eigenvalue weighted by atomic mass is 16.5. The first-order valence-electron chi connectivity index (χ1n) is 12.9. The highest BCUT2D eigenvalue weighted by Gasteiger charge is 2.18. The SMILES string of the molecule is Cn1cc(-c2ccc3ncc(Cn4ncc5ncc(-c6ccc(C(=O)N7CCOCC7)cc6)cc54)n3c2)cn1. The highest BCUT2D eigenvalue weighted by Crippen LogP contribution is 2.25. The summed E-state index contributed by atoms with van der Waals surface area (Å²) in [4.78, 5) is 23.9. The Balaban J connectivity index is 1.17. The number of fused-ring (bicyclic) bond motifs is 2. The number of aromatic nitrogens is 7. The number of benzene rings is 1. The van der Waals surface area contributed by atoms with Crippen LogP contribution in [-0.4, -0.2) is 71.0 Å². The lowest BCUT2D eigenvalue weighted by atomic mass is 10.0. The molecule has 0 unspecified atom stereocenters. The number of hydrogen-bond donors (Lipinski definition) is 0. The molecule has 0 N–H and O–H groups in total. The van der Waals surface area contributed by atoms with Crippen LogP contribution in [-0.2, 0) is 18.3 Å². The van der Waals surface area contributed by atoms with E-state index in [9.17, 15) is 4.79 Å². The van der Waals surface area contributed by atoms with Crippen LogP contribution in [0.25, 0.3) is 38.9 Å². The molecule has 194 valence electrons. The van der Waals surface area contributed by atoms with Crippen LogP contribution >= 0.6 is 0 Å². The van der Waals surface area contributed by atoms with Crippen LogP contribution in [0, 0.1) is 0 Å². The molecule has 1 fully saturated rings. The molecule has 0 aliphatic carbocycles. The number of aryl methyl sites for hydroxylation is 1. The molecule has 7 rings (SSSR count). The minimum absolute atomic E-state index is 0.0382. The van der Waals surface area contributed by atoms with E-state index in [0.717, 1.165) is 44.6 Å². The molecule has 39 heavy (non-hydrogen) atoms. The minimum Gasteiger partial charge on any atom is -0.378 e. The van der Waals surface area contributed by atoms with Gasteiger partial charge in [-0.25, -0.2) is 4.98 Å². The molecule has 1 aliphatic rings. The zero-order valence-corrected chi connectivity index (χ0v) is 21.4. The molecule has 1 amide bonds. The number of nitrogens with zero attached hydrogens (tertiary/aromatic N) is 8.